The summed E-state index contributed by atoms with van der Waals surface area (Å²) in [6, 6.07) is 6.21. The molecular formula is C13H14N2OS. The Morgan fingerprint density at radius 2 is 1.82 bits per heavy atom. The van der Waals surface area contributed by atoms with Crippen molar-refractivity contribution in [1.82, 2.24) is 9.59 Å². The zero-order chi connectivity index (χ0) is 12.4. The SMILES string of the molecule is Cc1cc(C)cc(CC(=O)c2snnc2C)c1. The Balaban J connectivity index is 2.21. The molecule has 1 aromatic carbocycles. The third kappa shape index (κ3) is 2.77. The molecule has 0 amide bonds. The quantitative estimate of drug-likeness (QED) is 0.782. The number of ketones is 1. The lowest BCUT2D eigenvalue weighted by Gasteiger charge is -2.03. The maximum atomic E-state index is 12.0. The molecule has 0 unspecified atom stereocenters. The number of Topliss-reactive ketones (excluding diaryl/α,β-unsaturated/α-hetero) is 1. The zero-order valence-electron chi connectivity index (χ0n) is 10.2. The van der Waals surface area contributed by atoms with Crippen molar-refractivity contribution in [3.8, 4) is 0 Å². The van der Waals surface area contributed by atoms with E-state index >= 15 is 0 Å². The molecule has 0 aliphatic heterocycles. The standard InChI is InChI=1S/C13H14N2OS/c1-8-4-9(2)6-11(5-8)7-12(16)13-10(3)14-15-17-13/h4-6H,7H2,1-3H3. The van der Waals surface area contributed by atoms with Gasteiger partial charge in [-0.2, -0.15) is 0 Å². The van der Waals surface area contributed by atoms with Crippen LogP contribution in [-0.2, 0) is 6.42 Å². The molecule has 0 spiro atoms. The molecular weight excluding hydrogens is 232 g/mol. The van der Waals surface area contributed by atoms with Crippen LogP contribution in [0, 0.1) is 20.8 Å². The molecule has 2 aromatic rings. The first-order valence-electron chi connectivity index (χ1n) is 5.45. The van der Waals surface area contributed by atoms with E-state index in [1.54, 1.807) is 0 Å². The average molecular weight is 246 g/mol. The molecule has 17 heavy (non-hydrogen) atoms. The number of aromatic nitrogens is 2. The van der Waals surface area contributed by atoms with Gasteiger partial charge >= 0.3 is 0 Å². The highest BCUT2D eigenvalue weighted by atomic mass is 32.1. The fourth-order valence-electron chi connectivity index (χ4n) is 1.92. The normalized spacial score (nSPS) is 10.5. The predicted molar refractivity (Wildman–Crippen MR) is 68.6 cm³/mol. The van der Waals surface area contributed by atoms with Crippen molar-refractivity contribution in [2.45, 2.75) is 27.2 Å². The first-order valence-corrected chi connectivity index (χ1v) is 6.23. The molecule has 2 rings (SSSR count). The fraction of sp³-hybridized carbons (Fsp3) is 0.308. The monoisotopic (exact) mass is 246 g/mol. The van der Waals surface area contributed by atoms with Crippen LogP contribution in [-0.4, -0.2) is 15.4 Å². The Hall–Kier alpha value is -1.55. The van der Waals surface area contributed by atoms with Crippen molar-refractivity contribution in [3.05, 3.63) is 45.5 Å². The van der Waals surface area contributed by atoms with Crippen LogP contribution in [0.15, 0.2) is 18.2 Å². The van der Waals surface area contributed by atoms with Gasteiger partial charge in [0.1, 0.15) is 4.88 Å². The molecule has 0 aliphatic rings. The van der Waals surface area contributed by atoms with Gasteiger partial charge in [-0.1, -0.05) is 33.8 Å². The molecule has 0 atom stereocenters. The molecule has 1 heterocycles. The molecule has 0 fully saturated rings. The molecule has 4 heteroatoms. The van der Waals surface area contributed by atoms with Gasteiger partial charge in [0.15, 0.2) is 5.78 Å². The number of hydrogen-bond acceptors (Lipinski definition) is 4. The van der Waals surface area contributed by atoms with Crippen molar-refractivity contribution in [1.29, 1.82) is 0 Å². The Bertz CT molecular complexity index is 540. The van der Waals surface area contributed by atoms with Crippen molar-refractivity contribution in [3.63, 3.8) is 0 Å². The third-order valence-corrected chi connectivity index (χ3v) is 3.42. The van der Waals surface area contributed by atoms with Gasteiger partial charge in [-0.15, -0.1) is 5.10 Å². The second-order valence-electron chi connectivity index (χ2n) is 4.28. The highest BCUT2D eigenvalue weighted by molar-refractivity contribution is 7.08. The predicted octanol–water partition coefficient (Wildman–Crippen LogP) is 2.89. The van der Waals surface area contributed by atoms with Crippen LogP contribution in [0.2, 0.25) is 0 Å². The summed E-state index contributed by atoms with van der Waals surface area (Å²) in [6.07, 6.45) is 0.424. The highest BCUT2D eigenvalue weighted by Gasteiger charge is 2.13. The summed E-state index contributed by atoms with van der Waals surface area (Å²) in [4.78, 5) is 12.7. The number of benzene rings is 1. The molecule has 3 nitrogen and oxygen atoms in total. The molecule has 0 N–H and O–H groups in total. The second kappa shape index (κ2) is 4.75. The molecule has 88 valence electrons. The van der Waals surface area contributed by atoms with Gasteiger partial charge in [0.05, 0.1) is 5.69 Å². The van der Waals surface area contributed by atoms with Crippen LogP contribution >= 0.6 is 11.5 Å². The molecule has 0 radical (unpaired) electrons. The van der Waals surface area contributed by atoms with Gasteiger partial charge in [-0.3, -0.25) is 4.79 Å². The maximum Gasteiger partial charge on any atom is 0.180 e. The van der Waals surface area contributed by atoms with E-state index in [9.17, 15) is 4.79 Å². The summed E-state index contributed by atoms with van der Waals surface area (Å²) in [5.74, 6) is 0.0995. The minimum absolute atomic E-state index is 0.0995. The van der Waals surface area contributed by atoms with Gasteiger partial charge < -0.3 is 0 Å². The van der Waals surface area contributed by atoms with Crippen LogP contribution in [0.25, 0.3) is 0 Å². The summed E-state index contributed by atoms with van der Waals surface area (Å²) < 4.78 is 3.79. The van der Waals surface area contributed by atoms with Crippen LogP contribution in [0.3, 0.4) is 0 Å². The smallest absolute Gasteiger partial charge is 0.180 e. The number of aryl methyl sites for hydroxylation is 3. The molecule has 1 aromatic heterocycles. The van der Waals surface area contributed by atoms with E-state index in [-0.39, 0.29) is 5.78 Å². The second-order valence-corrected chi connectivity index (χ2v) is 5.04. The topological polar surface area (TPSA) is 42.9 Å². The minimum Gasteiger partial charge on any atom is -0.293 e. The van der Waals surface area contributed by atoms with Crippen molar-refractivity contribution >= 4 is 17.3 Å². The number of rotatable bonds is 3. The van der Waals surface area contributed by atoms with E-state index in [4.69, 9.17) is 0 Å². The largest absolute Gasteiger partial charge is 0.293 e. The van der Waals surface area contributed by atoms with E-state index < -0.39 is 0 Å². The lowest BCUT2D eigenvalue weighted by molar-refractivity contribution is 0.0996. The average Bonchev–Trinajstić information content (AvgIpc) is 2.62. The Morgan fingerprint density at radius 1 is 1.18 bits per heavy atom. The summed E-state index contributed by atoms with van der Waals surface area (Å²) in [5, 5.41) is 3.86. The Kier molecular flexibility index (Phi) is 3.33. The third-order valence-electron chi connectivity index (χ3n) is 2.55. The van der Waals surface area contributed by atoms with Crippen LogP contribution in [0.5, 0.6) is 0 Å². The summed E-state index contributed by atoms with van der Waals surface area (Å²) >= 11 is 1.17. The van der Waals surface area contributed by atoms with Crippen LogP contribution < -0.4 is 0 Å². The lowest BCUT2D eigenvalue weighted by Crippen LogP contribution is -2.03. The van der Waals surface area contributed by atoms with E-state index in [2.05, 4.69) is 27.8 Å². The molecule has 0 aliphatic carbocycles. The van der Waals surface area contributed by atoms with E-state index in [0.29, 0.717) is 11.3 Å². The van der Waals surface area contributed by atoms with Crippen molar-refractivity contribution in [2.24, 2.45) is 0 Å². The lowest BCUT2D eigenvalue weighted by atomic mass is 10.0. The highest BCUT2D eigenvalue weighted by Crippen LogP contribution is 2.15. The van der Waals surface area contributed by atoms with Crippen molar-refractivity contribution < 1.29 is 4.79 Å². The maximum absolute atomic E-state index is 12.0. The zero-order valence-corrected chi connectivity index (χ0v) is 11.0. The first-order chi connectivity index (χ1) is 8.06. The fourth-order valence-corrected chi connectivity index (χ4v) is 2.52. The van der Waals surface area contributed by atoms with Gasteiger partial charge in [-0.25, -0.2) is 0 Å². The Morgan fingerprint density at radius 3 is 2.35 bits per heavy atom. The van der Waals surface area contributed by atoms with E-state index in [1.807, 2.05) is 20.8 Å². The van der Waals surface area contributed by atoms with Crippen molar-refractivity contribution in [2.75, 3.05) is 0 Å². The molecule has 0 saturated carbocycles. The number of nitrogens with zero attached hydrogens (tertiary/aromatic N) is 2. The minimum atomic E-state index is 0.0995. The summed E-state index contributed by atoms with van der Waals surface area (Å²) in [5.41, 5.74) is 4.16. The van der Waals surface area contributed by atoms with Crippen LogP contribution in [0.4, 0.5) is 0 Å². The van der Waals surface area contributed by atoms with Gasteiger partial charge in [0.25, 0.3) is 0 Å². The van der Waals surface area contributed by atoms with Gasteiger partial charge in [0.2, 0.25) is 0 Å². The molecule has 0 bridgehead atoms. The van der Waals surface area contributed by atoms with E-state index in [0.717, 1.165) is 11.3 Å². The number of hydrogen-bond donors (Lipinski definition) is 0. The number of carbonyl (C=O) groups is 1. The Labute approximate surface area is 105 Å². The van der Waals surface area contributed by atoms with E-state index in [1.165, 1.54) is 22.7 Å². The van der Waals surface area contributed by atoms with Crippen LogP contribution in [0.1, 0.15) is 32.1 Å². The first kappa shape index (κ1) is 11.9. The summed E-state index contributed by atoms with van der Waals surface area (Å²) in [6.45, 7) is 5.90. The summed E-state index contributed by atoms with van der Waals surface area (Å²) in [7, 11) is 0. The molecule has 0 saturated heterocycles. The van der Waals surface area contributed by atoms with Gasteiger partial charge in [0, 0.05) is 6.42 Å². The number of carbonyl (C=O) groups excluding carboxylic acids is 1. The van der Waals surface area contributed by atoms with Gasteiger partial charge in [-0.05, 0) is 37.9 Å².